The van der Waals surface area contributed by atoms with E-state index in [4.69, 9.17) is 0 Å². The number of halogens is 3. The van der Waals surface area contributed by atoms with Gasteiger partial charge in [-0.3, -0.25) is 0 Å². The van der Waals surface area contributed by atoms with Crippen LogP contribution in [-0.2, 0) is 6.54 Å². The smallest absolute Gasteiger partial charge is 0.159 e. The lowest BCUT2D eigenvalue weighted by molar-refractivity contribution is 0.496. The molecular weight excluding hydrogens is 263 g/mol. The van der Waals surface area contributed by atoms with Gasteiger partial charge in [-0.2, -0.15) is 0 Å². The molecule has 0 bridgehead atoms. The molecule has 1 atom stereocenters. The number of nitrogens with one attached hydrogen (secondary N) is 1. The highest BCUT2D eigenvalue weighted by Crippen LogP contribution is 2.18. The molecule has 0 aromatic heterocycles. The molecule has 0 spiro atoms. The molecule has 0 amide bonds. The number of benzene rings is 2. The van der Waals surface area contributed by atoms with E-state index in [0.717, 1.165) is 18.1 Å². The van der Waals surface area contributed by atoms with Crippen LogP contribution in [0.15, 0.2) is 42.5 Å². The van der Waals surface area contributed by atoms with Crippen LogP contribution in [0.3, 0.4) is 0 Å². The van der Waals surface area contributed by atoms with Crippen molar-refractivity contribution in [2.45, 2.75) is 25.9 Å². The van der Waals surface area contributed by atoms with E-state index in [9.17, 15) is 13.2 Å². The number of rotatable bonds is 5. The van der Waals surface area contributed by atoms with Crippen molar-refractivity contribution < 1.29 is 13.2 Å². The molecular formula is C16H16F3N. The molecule has 106 valence electrons. The van der Waals surface area contributed by atoms with Gasteiger partial charge in [0.2, 0.25) is 0 Å². The lowest BCUT2D eigenvalue weighted by Gasteiger charge is -2.17. The number of hydrogen-bond acceptors (Lipinski definition) is 1. The molecule has 2 aromatic rings. The summed E-state index contributed by atoms with van der Waals surface area (Å²) < 4.78 is 39.2. The van der Waals surface area contributed by atoms with Crippen molar-refractivity contribution in [3.63, 3.8) is 0 Å². The Morgan fingerprint density at radius 3 is 2.45 bits per heavy atom. The van der Waals surface area contributed by atoms with Crippen molar-refractivity contribution in [2.24, 2.45) is 0 Å². The molecule has 1 nitrogen and oxygen atoms in total. The van der Waals surface area contributed by atoms with Gasteiger partial charge < -0.3 is 5.32 Å². The van der Waals surface area contributed by atoms with Gasteiger partial charge in [0.1, 0.15) is 5.82 Å². The molecule has 0 aliphatic heterocycles. The van der Waals surface area contributed by atoms with Gasteiger partial charge in [-0.1, -0.05) is 25.1 Å². The minimum absolute atomic E-state index is 0.0289. The highest BCUT2D eigenvalue weighted by molar-refractivity contribution is 5.21. The van der Waals surface area contributed by atoms with E-state index in [2.05, 4.69) is 5.32 Å². The summed E-state index contributed by atoms with van der Waals surface area (Å²) in [5.41, 5.74) is 1.49. The van der Waals surface area contributed by atoms with Crippen LogP contribution >= 0.6 is 0 Å². The fraction of sp³-hybridized carbons (Fsp3) is 0.250. The molecule has 2 aromatic carbocycles. The fourth-order valence-corrected chi connectivity index (χ4v) is 2.11. The average molecular weight is 279 g/mol. The summed E-state index contributed by atoms with van der Waals surface area (Å²) in [5.74, 6) is -2.00. The summed E-state index contributed by atoms with van der Waals surface area (Å²) in [6.45, 7) is 2.38. The van der Waals surface area contributed by atoms with Gasteiger partial charge in [0.05, 0.1) is 0 Å². The molecule has 1 unspecified atom stereocenters. The van der Waals surface area contributed by atoms with Crippen LogP contribution in [0.5, 0.6) is 0 Å². The summed E-state index contributed by atoms with van der Waals surface area (Å²) in [6, 6.07) is 10.2. The van der Waals surface area contributed by atoms with E-state index < -0.39 is 11.6 Å². The number of hydrogen-bond donors (Lipinski definition) is 1. The lowest BCUT2D eigenvalue weighted by atomic mass is 10.0. The molecule has 0 aliphatic carbocycles. The van der Waals surface area contributed by atoms with Crippen molar-refractivity contribution in [3.05, 3.63) is 71.0 Å². The van der Waals surface area contributed by atoms with Gasteiger partial charge in [-0.15, -0.1) is 0 Å². The second-order valence-corrected chi connectivity index (χ2v) is 4.65. The van der Waals surface area contributed by atoms with E-state index in [0.29, 0.717) is 12.1 Å². The maximum atomic E-state index is 13.2. The summed E-state index contributed by atoms with van der Waals surface area (Å²) >= 11 is 0. The van der Waals surface area contributed by atoms with Gasteiger partial charge in [0, 0.05) is 12.6 Å². The Morgan fingerprint density at radius 2 is 1.80 bits per heavy atom. The van der Waals surface area contributed by atoms with Gasteiger partial charge >= 0.3 is 0 Å². The minimum atomic E-state index is -0.858. The zero-order valence-corrected chi connectivity index (χ0v) is 11.2. The first kappa shape index (κ1) is 14.6. The maximum Gasteiger partial charge on any atom is 0.159 e. The zero-order chi connectivity index (χ0) is 14.5. The molecule has 4 heteroatoms. The van der Waals surface area contributed by atoms with Crippen molar-refractivity contribution in [3.8, 4) is 0 Å². The van der Waals surface area contributed by atoms with Crippen LogP contribution in [0, 0.1) is 17.5 Å². The third-order valence-corrected chi connectivity index (χ3v) is 3.20. The largest absolute Gasteiger partial charge is 0.306 e. The van der Waals surface area contributed by atoms with Crippen LogP contribution in [0.4, 0.5) is 13.2 Å². The third-order valence-electron chi connectivity index (χ3n) is 3.20. The predicted molar refractivity (Wildman–Crippen MR) is 72.6 cm³/mol. The van der Waals surface area contributed by atoms with Crippen molar-refractivity contribution in [1.82, 2.24) is 5.32 Å². The van der Waals surface area contributed by atoms with Crippen molar-refractivity contribution in [1.29, 1.82) is 0 Å². The van der Waals surface area contributed by atoms with Crippen LogP contribution in [0.1, 0.15) is 30.5 Å². The first-order valence-electron chi connectivity index (χ1n) is 6.53. The Bertz CT molecular complexity index is 584. The monoisotopic (exact) mass is 279 g/mol. The predicted octanol–water partition coefficient (Wildman–Crippen LogP) is 4.34. The molecule has 20 heavy (non-hydrogen) atoms. The standard InChI is InChI=1S/C16H16F3N/c1-2-16(12-4-3-5-13(17)9-12)20-10-11-6-7-14(18)15(19)8-11/h3-9,16,20H,2,10H2,1H3. The first-order valence-corrected chi connectivity index (χ1v) is 6.53. The SMILES string of the molecule is CCC(NCc1ccc(F)c(F)c1)c1cccc(F)c1. The molecule has 0 heterocycles. The van der Waals surface area contributed by atoms with E-state index in [1.54, 1.807) is 6.07 Å². The zero-order valence-electron chi connectivity index (χ0n) is 11.2. The highest BCUT2D eigenvalue weighted by Gasteiger charge is 2.10. The van der Waals surface area contributed by atoms with E-state index in [-0.39, 0.29) is 11.9 Å². The van der Waals surface area contributed by atoms with Crippen molar-refractivity contribution in [2.75, 3.05) is 0 Å². The minimum Gasteiger partial charge on any atom is -0.306 e. The van der Waals surface area contributed by atoms with E-state index in [1.165, 1.54) is 24.3 Å². The Morgan fingerprint density at radius 1 is 1.00 bits per heavy atom. The average Bonchev–Trinajstić information content (AvgIpc) is 2.43. The second kappa shape index (κ2) is 6.57. The van der Waals surface area contributed by atoms with Gasteiger partial charge in [-0.25, -0.2) is 13.2 Å². The quantitative estimate of drug-likeness (QED) is 0.858. The molecule has 0 saturated heterocycles. The fourth-order valence-electron chi connectivity index (χ4n) is 2.11. The molecule has 0 saturated carbocycles. The maximum absolute atomic E-state index is 13.2. The Kier molecular flexibility index (Phi) is 4.79. The van der Waals surface area contributed by atoms with Crippen LogP contribution in [0.25, 0.3) is 0 Å². The Hall–Kier alpha value is -1.81. The second-order valence-electron chi connectivity index (χ2n) is 4.65. The molecule has 1 N–H and O–H groups in total. The Labute approximate surface area is 116 Å². The van der Waals surface area contributed by atoms with E-state index >= 15 is 0 Å². The molecule has 0 fully saturated rings. The molecule has 2 rings (SSSR count). The third kappa shape index (κ3) is 3.61. The van der Waals surface area contributed by atoms with E-state index in [1.807, 2.05) is 13.0 Å². The molecule has 0 radical (unpaired) electrons. The van der Waals surface area contributed by atoms with Gasteiger partial charge in [0.25, 0.3) is 0 Å². The summed E-state index contributed by atoms with van der Waals surface area (Å²) in [4.78, 5) is 0. The topological polar surface area (TPSA) is 12.0 Å². The summed E-state index contributed by atoms with van der Waals surface area (Å²) in [5, 5.41) is 3.22. The summed E-state index contributed by atoms with van der Waals surface area (Å²) in [6.07, 6.45) is 0.771. The van der Waals surface area contributed by atoms with Crippen LogP contribution in [0.2, 0.25) is 0 Å². The van der Waals surface area contributed by atoms with Crippen LogP contribution in [-0.4, -0.2) is 0 Å². The first-order chi connectivity index (χ1) is 9.60. The molecule has 0 aliphatic rings. The lowest BCUT2D eigenvalue weighted by Crippen LogP contribution is -2.20. The van der Waals surface area contributed by atoms with Crippen molar-refractivity contribution >= 4 is 0 Å². The van der Waals surface area contributed by atoms with Crippen LogP contribution < -0.4 is 5.32 Å². The Balaban J connectivity index is 2.05. The highest BCUT2D eigenvalue weighted by atomic mass is 19.2. The normalized spacial score (nSPS) is 12.4. The summed E-state index contributed by atoms with van der Waals surface area (Å²) in [7, 11) is 0. The van der Waals surface area contributed by atoms with Gasteiger partial charge in [-0.05, 0) is 41.8 Å². The van der Waals surface area contributed by atoms with Gasteiger partial charge in [0.15, 0.2) is 11.6 Å².